The fourth-order valence-corrected chi connectivity index (χ4v) is 2.45. The first-order valence-electron chi connectivity index (χ1n) is 7.99. The van der Waals surface area contributed by atoms with Crippen LogP contribution in [0, 0.1) is 0 Å². The number of esters is 5. The topological polar surface area (TPSA) is 141 Å². The molecule has 0 aromatic carbocycles. The van der Waals surface area contributed by atoms with Gasteiger partial charge in [-0.1, -0.05) is 0 Å². The number of hydrogen-bond donors (Lipinski definition) is 0. The van der Waals surface area contributed by atoms with Gasteiger partial charge in [0.2, 0.25) is 12.4 Å². The summed E-state index contributed by atoms with van der Waals surface area (Å²) >= 11 is 0. The molecule has 0 spiro atoms. The lowest BCUT2D eigenvalue weighted by Crippen LogP contribution is -2.63. The van der Waals surface area contributed by atoms with Gasteiger partial charge in [-0.2, -0.15) is 0 Å². The van der Waals surface area contributed by atoms with Crippen molar-refractivity contribution in [2.24, 2.45) is 0 Å². The molecule has 0 aromatic heterocycles. The Labute approximate surface area is 155 Å². The molecule has 0 saturated carbocycles. The Morgan fingerprint density at radius 1 is 0.630 bits per heavy atom. The van der Waals surface area contributed by atoms with Gasteiger partial charge in [0.15, 0.2) is 12.2 Å². The Balaban J connectivity index is 3.29. The fraction of sp³-hybridized carbons (Fsp3) is 0.688. The molecule has 0 radical (unpaired) electrons. The highest BCUT2D eigenvalue weighted by Gasteiger charge is 2.53. The summed E-state index contributed by atoms with van der Waals surface area (Å²) < 4.78 is 30.8. The SMILES string of the molecule is CC(=O)OC[C@@H]1O[C@@H](OC(C)=O)[C@@H](OC(C)=O)[C@H](OC(C)=O)[C@@H]1OC(C)=O. The summed E-state index contributed by atoms with van der Waals surface area (Å²) in [6.45, 7) is 5.13. The predicted octanol–water partition coefficient (Wildman–Crippen LogP) is -0.367. The van der Waals surface area contributed by atoms with Crippen LogP contribution in [0.4, 0.5) is 0 Å². The average molecular weight is 390 g/mol. The van der Waals surface area contributed by atoms with E-state index in [0.717, 1.165) is 34.6 Å². The molecule has 11 nitrogen and oxygen atoms in total. The average Bonchev–Trinajstić information content (AvgIpc) is 2.49. The van der Waals surface area contributed by atoms with Crippen molar-refractivity contribution >= 4 is 29.8 Å². The van der Waals surface area contributed by atoms with Crippen LogP contribution >= 0.6 is 0 Å². The van der Waals surface area contributed by atoms with Crippen LogP contribution in [0.15, 0.2) is 0 Å². The zero-order valence-electron chi connectivity index (χ0n) is 15.6. The zero-order valence-corrected chi connectivity index (χ0v) is 15.6. The number of carbonyl (C=O) groups is 5. The zero-order chi connectivity index (χ0) is 20.7. The standard InChI is InChI=1S/C16H22O11/c1-7(17)22-6-12-13(23-8(2)18)14(24-9(3)19)15(25-10(4)20)16(27-12)26-11(5)21/h12-16H,6H2,1-5H3/t12-,13+,14+,15-,16+/m0/s1. The van der Waals surface area contributed by atoms with Crippen LogP contribution in [0.3, 0.4) is 0 Å². The molecule has 0 aliphatic carbocycles. The minimum Gasteiger partial charge on any atom is -0.463 e. The summed E-state index contributed by atoms with van der Waals surface area (Å²) in [6, 6.07) is 0. The van der Waals surface area contributed by atoms with Gasteiger partial charge in [0.05, 0.1) is 0 Å². The first kappa shape index (κ1) is 22.4. The van der Waals surface area contributed by atoms with Gasteiger partial charge in [-0.3, -0.25) is 24.0 Å². The maximum absolute atomic E-state index is 11.5. The van der Waals surface area contributed by atoms with Gasteiger partial charge in [-0.25, -0.2) is 0 Å². The van der Waals surface area contributed by atoms with Gasteiger partial charge in [-0.05, 0) is 0 Å². The number of ether oxygens (including phenoxy) is 6. The highest BCUT2D eigenvalue weighted by molar-refractivity contribution is 5.69. The molecule has 1 rings (SSSR count). The van der Waals surface area contributed by atoms with E-state index in [1.165, 1.54) is 0 Å². The van der Waals surface area contributed by atoms with Gasteiger partial charge in [0.1, 0.15) is 12.7 Å². The van der Waals surface area contributed by atoms with E-state index in [1.54, 1.807) is 0 Å². The molecule has 0 unspecified atom stereocenters. The molecule has 0 bridgehead atoms. The Hall–Kier alpha value is -2.69. The maximum Gasteiger partial charge on any atom is 0.305 e. The van der Waals surface area contributed by atoms with Crippen LogP contribution in [-0.2, 0) is 52.4 Å². The van der Waals surface area contributed by atoms with Crippen molar-refractivity contribution in [2.45, 2.75) is 65.3 Å². The van der Waals surface area contributed by atoms with Crippen LogP contribution in [-0.4, -0.2) is 67.2 Å². The molecule has 1 fully saturated rings. The molecule has 0 amide bonds. The number of carbonyl (C=O) groups excluding carboxylic acids is 5. The van der Waals surface area contributed by atoms with Crippen LogP contribution in [0.5, 0.6) is 0 Å². The van der Waals surface area contributed by atoms with E-state index in [9.17, 15) is 24.0 Å². The van der Waals surface area contributed by atoms with Crippen LogP contribution in [0.1, 0.15) is 34.6 Å². The maximum atomic E-state index is 11.5. The Bertz CT molecular complexity index is 599. The molecule has 1 aliphatic heterocycles. The lowest BCUT2D eigenvalue weighted by molar-refractivity contribution is -0.300. The highest BCUT2D eigenvalue weighted by Crippen LogP contribution is 2.29. The van der Waals surface area contributed by atoms with E-state index in [1.807, 2.05) is 0 Å². The van der Waals surface area contributed by atoms with Gasteiger partial charge in [-0.15, -0.1) is 0 Å². The van der Waals surface area contributed by atoms with Crippen molar-refractivity contribution in [1.82, 2.24) is 0 Å². The van der Waals surface area contributed by atoms with Crippen LogP contribution in [0.2, 0.25) is 0 Å². The third kappa shape index (κ3) is 7.21. The second kappa shape index (κ2) is 9.86. The van der Waals surface area contributed by atoms with E-state index in [0.29, 0.717) is 0 Å². The fourth-order valence-electron chi connectivity index (χ4n) is 2.45. The quantitative estimate of drug-likeness (QED) is 0.433. The Kier molecular flexibility index (Phi) is 8.16. The summed E-state index contributed by atoms with van der Waals surface area (Å²) in [6.07, 6.45) is -6.70. The molecule has 0 aromatic rings. The van der Waals surface area contributed by atoms with E-state index >= 15 is 0 Å². The summed E-state index contributed by atoms with van der Waals surface area (Å²) in [5.74, 6) is -3.71. The first-order valence-corrected chi connectivity index (χ1v) is 7.99. The molecule has 5 atom stereocenters. The summed E-state index contributed by atoms with van der Waals surface area (Å²) in [5.41, 5.74) is 0. The van der Waals surface area contributed by atoms with Crippen LogP contribution < -0.4 is 0 Å². The third-order valence-electron chi connectivity index (χ3n) is 3.23. The number of hydrogen-bond acceptors (Lipinski definition) is 11. The molecule has 1 aliphatic rings. The molecular weight excluding hydrogens is 368 g/mol. The first-order chi connectivity index (χ1) is 12.5. The summed E-state index contributed by atoms with van der Waals surface area (Å²) in [7, 11) is 0. The van der Waals surface area contributed by atoms with Gasteiger partial charge >= 0.3 is 29.8 Å². The predicted molar refractivity (Wildman–Crippen MR) is 83.7 cm³/mol. The van der Waals surface area contributed by atoms with Gasteiger partial charge < -0.3 is 28.4 Å². The van der Waals surface area contributed by atoms with E-state index in [2.05, 4.69) is 0 Å². The molecule has 1 heterocycles. The second-order valence-electron chi connectivity index (χ2n) is 5.68. The smallest absolute Gasteiger partial charge is 0.305 e. The monoisotopic (exact) mass is 390 g/mol. The largest absolute Gasteiger partial charge is 0.463 e. The van der Waals surface area contributed by atoms with Crippen molar-refractivity contribution in [3.8, 4) is 0 Å². The lowest BCUT2D eigenvalue weighted by Gasteiger charge is -2.43. The number of rotatable bonds is 6. The third-order valence-corrected chi connectivity index (χ3v) is 3.23. The van der Waals surface area contributed by atoms with Crippen molar-refractivity contribution in [2.75, 3.05) is 6.61 Å². The second-order valence-corrected chi connectivity index (χ2v) is 5.68. The summed E-state index contributed by atoms with van der Waals surface area (Å²) in [4.78, 5) is 57.0. The molecular formula is C16H22O11. The summed E-state index contributed by atoms with van der Waals surface area (Å²) in [5, 5.41) is 0. The molecule has 1 saturated heterocycles. The van der Waals surface area contributed by atoms with Crippen molar-refractivity contribution in [3.05, 3.63) is 0 Å². The Morgan fingerprint density at radius 3 is 1.52 bits per heavy atom. The van der Waals surface area contributed by atoms with Gasteiger partial charge in [0, 0.05) is 34.6 Å². The van der Waals surface area contributed by atoms with E-state index in [-0.39, 0.29) is 0 Å². The highest BCUT2D eigenvalue weighted by atomic mass is 16.7. The molecule has 152 valence electrons. The van der Waals surface area contributed by atoms with Crippen molar-refractivity contribution in [1.29, 1.82) is 0 Å². The minimum absolute atomic E-state index is 0.393. The normalized spacial score (nSPS) is 27.1. The molecule has 27 heavy (non-hydrogen) atoms. The van der Waals surface area contributed by atoms with Crippen LogP contribution in [0.25, 0.3) is 0 Å². The Morgan fingerprint density at radius 2 is 1.07 bits per heavy atom. The van der Waals surface area contributed by atoms with Gasteiger partial charge in [0.25, 0.3) is 0 Å². The van der Waals surface area contributed by atoms with Crippen molar-refractivity contribution in [3.63, 3.8) is 0 Å². The van der Waals surface area contributed by atoms with E-state index < -0.39 is 67.2 Å². The minimum atomic E-state index is -1.48. The van der Waals surface area contributed by atoms with E-state index in [4.69, 9.17) is 28.4 Å². The molecule has 0 N–H and O–H groups in total. The molecule has 11 heteroatoms. The van der Waals surface area contributed by atoms with Crippen molar-refractivity contribution < 1.29 is 52.4 Å². The lowest BCUT2D eigenvalue weighted by atomic mass is 9.98.